The third-order valence-electron chi connectivity index (χ3n) is 0.287. The second-order valence-electron chi connectivity index (χ2n) is 0.696. The van der Waals surface area contributed by atoms with Crippen molar-refractivity contribution in [2.45, 2.75) is 6.92 Å². The molecular formula is C3H6FeO2. The average Bonchev–Trinajstić information content (AvgIpc) is 1.38. The van der Waals surface area contributed by atoms with Gasteiger partial charge in [-0.05, 0) is 0 Å². The van der Waals surface area contributed by atoms with Gasteiger partial charge in [0.2, 0.25) is 0 Å². The minimum Gasteiger partial charge on any atom is -0.469 e. The van der Waals surface area contributed by atoms with Gasteiger partial charge in [0.1, 0.15) is 0 Å². The van der Waals surface area contributed by atoms with Gasteiger partial charge in [-0.15, -0.1) is 0 Å². The van der Waals surface area contributed by atoms with E-state index in [-0.39, 0.29) is 23.0 Å². The quantitative estimate of drug-likeness (QED) is 0.345. The molecule has 0 aromatic heterocycles. The van der Waals surface area contributed by atoms with Crippen LogP contribution < -0.4 is 0 Å². The molecule has 0 aromatic carbocycles. The van der Waals surface area contributed by atoms with Gasteiger partial charge in [-0.2, -0.15) is 0 Å². The first-order valence-electron chi connectivity index (χ1n) is 1.32. The molecule has 6 heavy (non-hydrogen) atoms. The van der Waals surface area contributed by atoms with Gasteiger partial charge < -0.3 is 4.74 Å². The number of esters is 1. The van der Waals surface area contributed by atoms with Crippen molar-refractivity contribution in [2.75, 3.05) is 7.11 Å². The zero-order chi connectivity index (χ0) is 4.28. The van der Waals surface area contributed by atoms with Gasteiger partial charge in [0.05, 0.1) is 7.11 Å². The van der Waals surface area contributed by atoms with E-state index in [9.17, 15) is 4.79 Å². The Kier molecular flexibility index (Phi) is 7.79. The number of hydrogen-bond donors (Lipinski definition) is 0. The van der Waals surface area contributed by atoms with Crippen LogP contribution in [0.1, 0.15) is 6.92 Å². The molecule has 3 heteroatoms. The average molecular weight is 130 g/mol. The van der Waals surface area contributed by atoms with E-state index in [0.29, 0.717) is 0 Å². The summed E-state index contributed by atoms with van der Waals surface area (Å²) in [4.78, 5) is 9.59. The first-order chi connectivity index (χ1) is 2.27. The van der Waals surface area contributed by atoms with Gasteiger partial charge in [-0.1, -0.05) is 0 Å². The Bertz CT molecular complexity index is 44.1. The van der Waals surface area contributed by atoms with Gasteiger partial charge >= 0.3 is 5.97 Å². The van der Waals surface area contributed by atoms with E-state index in [1.54, 1.807) is 0 Å². The summed E-state index contributed by atoms with van der Waals surface area (Å²) in [5, 5.41) is 0. The summed E-state index contributed by atoms with van der Waals surface area (Å²) in [6, 6.07) is 0. The smallest absolute Gasteiger partial charge is 0.302 e. The zero-order valence-corrected chi connectivity index (χ0v) is 4.77. The SMILES string of the molecule is COC(C)=O.[Fe]. The van der Waals surface area contributed by atoms with E-state index < -0.39 is 0 Å². The molecule has 0 aliphatic heterocycles. The van der Waals surface area contributed by atoms with Crippen LogP contribution in [0.3, 0.4) is 0 Å². The Balaban J connectivity index is 0. The number of rotatable bonds is 0. The summed E-state index contributed by atoms with van der Waals surface area (Å²) < 4.78 is 4.11. The maximum atomic E-state index is 9.59. The summed E-state index contributed by atoms with van der Waals surface area (Å²) in [6.07, 6.45) is 0. The molecule has 2 nitrogen and oxygen atoms in total. The summed E-state index contributed by atoms with van der Waals surface area (Å²) in [7, 11) is 1.35. The number of methoxy groups -OCH3 is 1. The van der Waals surface area contributed by atoms with E-state index >= 15 is 0 Å². The van der Waals surface area contributed by atoms with Crippen molar-refractivity contribution in [3.8, 4) is 0 Å². The Labute approximate surface area is 47.3 Å². The van der Waals surface area contributed by atoms with Crippen LogP contribution in [0.15, 0.2) is 0 Å². The summed E-state index contributed by atoms with van der Waals surface area (Å²) in [6.45, 7) is 1.36. The topological polar surface area (TPSA) is 26.3 Å². The molecule has 0 heterocycles. The largest absolute Gasteiger partial charge is 0.469 e. The first kappa shape index (κ1) is 9.37. The second-order valence-corrected chi connectivity index (χ2v) is 0.696. The molecule has 0 fully saturated rings. The van der Waals surface area contributed by atoms with Crippen LogP contribution in [0, 0.1) is 0 Å². The van der Waals surface area contributed by atoms with Crippen LogP contribution in [0.4, 0.5) is 0 Å². The minimum atomic E-state index is -0.245. The Hall–Kier alpha value is -0.0105. The zero-order valence-electron chi connectivity index (χ0n) is 3.67. The monoisotopic (exact) mass is 130 g/mol. The molecular weight excluding hydrogens is 124 g/mol. The van der Waals surface area contributed by atoms with Gasteiger partial charge in [0.25, 0.3) is 0 Å². The van der Waals surface area contributed by atoms with Crippen LogP contribution in [0.2, 0.25) is 0 Å². The van der Waals surface area contributed by atoms with Crippen LogP contribution in [0.5, 0.6) is 0 Å². The molecule has 0 bridgehead atoms. The van der Waals surface area contributed by atoms with Gasteiger partial charge in [0.15, 0.2) is 0 Å². The maximum Gasteiger partial charge on any atom is 0.302 e. The molecule has 38 valence electrons. The molecule has 0 amide bonds. The third-order valence-corrected chi connectivity index (χ3v) is 0.287. The number of hydrogen-bond acceptors (Lipinski definition) is 2. The van der Waals surface area contributed by atoms with Gasteiger partial charge in [-0.25, -0.2) is 0 Å². The van der Waals surface area contributed by atoms with Crippen LogP contribution in [-0.4, -0.2) is 13.1 Å². The Morgan fingerprint density at radius 3 is 1.83 bits per heavy atom. The Morgan fingerprint density at radius 1 is 1.67 bits per heavy atom. The van der Waals surface area contributed by atoms with Crippen molar-refractivity contribution in [3.05, 3.63) is 0 Å². The molecule has 0 aromatic rings. The third kappa shape index (κ3) is 9.01. The molecule has 0 spiro atoms. The molecule has 0 atom stereocenters. The van der Waals surface area contributed by atoms with E-state index in [1.807, 2.05) is 0 Å². The van der Waals surface area contributed by atoms with Crippen molar-refractivity contribution in [3.63, 3.8) is 0 Å². The fraction of sp³-hybridized carbons (Fsp3) is 0.667. The molecule has 0 aliphatic carbocycles. The molecule has 0 aliphatic rings. The molecule has 0 radical (unpaired) electrons. The number of ether oxygens (including phenoxy) is 1. The summed E-state index contributed by atoms with van der Waals surface area (Å²) in [5.41, 5.74) is 0. The fourth-order valence-corrected chi connectivity index (χ4v) is 0. The first-order valence-corrected chi connectivity index (χ1v) is 1.32. The van der Waals surface area contributed by atoms with E-state index in [0.717, 1.165) is 0 Å². The predicted molar refractivity (Wildman–Crippen MR) is 17.7 cm³/mol. The normalized spacial score (nSPS) is 5.67. The molecule has 0 saturated carbocycles. The standard InChI is InChI=1S/C3H6O2.Fe/c1-3(4)5-2;/h1-2H3;. The van der Waals surface area contributed by atoms with E-state index in [1.165, 1.54) is 14.0 Å². The van der Waals surface area contributed by atoms with Gasteiger partial charge in [-0.3, -0.25) is 4.79 Å². The van der Waals surface area contributed by atoms with Crippen LogP contribution >= 0.6 is 0 Å². The van der Waals surface area contributed by atoms with Crippen molar-refractivity contribution in [1.29, 1.82) is 0 Å². The van der Waals surface area contributed by atoms with E-state index in [2.05, 4.69) is 4.74 Å². The molecule has 0 unspecified atom stereocenters. The van der Waals surface area contributed by atoms with Crippen molar-refractivity contribution >= 4 is 5.97 Å². The summed E-state index contributed by atoms with van der Waals surface area (Å²) in [5.74, 6) is -0.245. The predicted octanol–water partition coefficient (Wildman–Crippen LogP) is 0.177. The van der Waals surface area contributed by atoms with Crippen LogP contribution in [-0.2, 0) is 26.6 Å². The Morgan fingerprint density at radius 2 is 1.83 bits per heavy atom. The van der Waals surface area contributed by atoms with Crippen molar-refractivity contribution in [1.82, 2.24) is 0 Å². The minimum absolute atomic E-state index is 0. The molecule has 0 saturated heterocycles. The number of carbonyl (C=O) groups is 1. The second kappa shape index (κ2) is 4.99. The molecule has 0 N–H and O–H groups in total. The van der Waals surface area contributed by atoms with Crippen LogP contribution in [0.25, 0.3) is 0 Å². The van der Waals surface area contributed by atoms with Crippen molar-refractivity contribution in [2.24, 2.45) is 0 Å². The van der Waals surface area contributed by atoms with Gasteiger partial charge in [0, 0.05) is 24.0 Å². The fourth-order valence-electron chi connectivity index (χ4n) is 0. The number of carbonyl (C=O) groups excluding carboxylic acids is 1. The summed E-state index contributed by atoms with van der Waals surface area (Å²) >= 11 is 0. The maximum absolute atomic E-state index is 9.59. The van der Waals surface area contributed by atoms with Crippen molar-refractivity contribution < 1.29 is 26.6 Å². The molecule has 0 rings (SSSR count). The van der Waals surface area contributed by atoms with E-state index in [4.69, 9.17) is 0 Å².